The maximum atomic E-state index is 12.3. The maximum absolute atomic E-state index is 12.3. The number of rotatable bonds is 7. The summed E-state index contributed by atoms with van der Waals surface area (Å²) >= 11 is 0. The van der Waals surface area contributed by atoms with E-state index in [4.69, 9.17) is 14.2 Å². The first-order chi connectivity index (χ1) is 13.5. The number of nitrogens with zero attached hydrogens (tertiary/aromatic N) is 1. The van der Waals surface area contributed by atoms with Crippen LogP contribution in [0.3, 0.4) is 0 Å². The fraction of sp³-hybridized carbons (Fsp3) is 0.333. The van der Waals surface area contributed by atoms with Crippen LogP contribution in [0, 0.1) is 0 Å². The lowest BCUT2D eigenvalue weighted by molar-refractivity contribution is -0.123. The molecule has 1 amide bonds. The summed E-state index contributed by atoms with van der Waals surface area (Å²) in [7, 11) is 0. The molecule has 1 aliphatic rings. The standard InChI is InChI=1S/C21H24N2O5/c1-4-23(5-2)17-9-6-15(7-10-17)21(25)28-14(3)20(24)22-16-8-11-18-19(12-16)27-13-26-18/h6-12,14H,4-5,13H2,1-3H3,(H,22,24). The summed E-state index contributed by atoms with van der Waals surface area (Å²) in [6.45, 7) is 7.62. The van der Waals surface area contributed by atoms with Crippen molar-refractivity contribution in [2.75, 3.05) is 30.1 Å². The lowest BCUT2D eigenvalue weighted by Crippen LogP contribution is -2.30. The largest absolute Gasteiger partial charge is 0.454 e. The van der Waals surface area contributed by atoms with Gasteiger partial charge in [0.25, 0.3) is 5.91 Å². The monoisotopic (exact) mass is 384 g/mol. The molecular formula is C21H24N2O5. The predicted octanol–water partition coefficient (Wildman–Crippen LogP) is 3.45. The van der Waals surface area contributed by atoms with Gasteiger partial charge in [-0.25, -0.2) is 4.79 Å². The number of ether oxygens (including phenoxy) is 3. The topological polar surface area (TPSA) is 77.1 Å². The fourth-order valence-electron chi connectivity index (χ4n) is 2.90. The molecule has 0 fully saturated rings. The first-order valence-electron chi connectivity index (χ1n) is 9.28. The molecule has 7 heteroatoms. The minimum Gasteiger partial charge on any atom is -0.454 e. The second kappa shape index (κ2) is 8.65. The highest BCUT2D eigenvalue weighted by Crippen LogP contribution is 2.34. The van der Waals surface area contributed by atoms with Gasteiger partial charge in [0.05, 0.1) is 5.56 Å². The van der Waals surface area contributed by atoms with Gasteiger partial charge in [-0.15, -0.1) is 0 Å². The Labute approximate surface area is 164 Å². The highest BCUT2D eigenvalue weighted by Gasteiger charge is 2.20. The second-order valence-electron chi connectivity index (χ2n) is 6.32. The number of fused-ring (bicyclic) bond motifs is 1. The number of anilines is 2. The van der Waals surface area contributed by atoms with Gasteiger partial charge in [-0.1, -0.05) is 0 Å². The second-order valence-corrected chi connectivity index (χ2v) is 6.32. The van der Waals surface area contributed by atoms with E-state index >= 15 is 0 Å². The van der Waals surface area contributed by atoms with Crippen molar-refractivity contribution in [2.45, 2.75) is 26.9 Å². The zero-order valence-electron chi connectivity index (χ0n) is 16.2. The van der Waals surface area contributed by atoms with Crippen LogP contribution in [0.4, 0.5) is 11.4 Å². The van der Waals surface area contributed by atoms with E-state index in [-0.39, 0.29) is 6.79 Å². The number of esters is 1. The van der Waals surface area contributed by atoms with Crippen LogP contribution in [0.15, 0.2) is 42.5 Å². The molecule has 0 saturated carbocycles. The summed E-state index contributed by atoms with van der Waals surface area (Å²) in [6, 6.07) is 12.2. The molecule has 0 aromatic heterocycles. The Bertz CT molecular complexity index is 846. The molecule has 2 aromatic carbocycles. The molecule has 0 aliphatic carbocycles. The average molecular weight is 384 g/mol. The van der Waals surface area contributed by atoms with E-state index in [1.807, 2.05) is 12.1 Å². The summed E-state index contributed by atoms with van der Waals surface area (Å²) in [5, 5.41) is 2.71. The molecule has 148 valence electrons. The molecule has 0 saturated heterocycles. The summed E-state index contributed by atoms with van der Waals surface area (Å²) in [6.07, 6.45) is -0.944. The van der Waals surface area contributed by atoms with Crippen molar-refractivity contribution in [3.8, 4) is 11.5 Å². The van der Waals surface area contributed by atoms with Crippen LogP contribution >= 0.6 is 0 Å². The van der Waals surface area contributed by atoms with Crippen LogP contribution < -0.4 is 19.7 Å². The maximum Gasteiger partial charge on any atom is 0.338 e. The third-order valence-electron chi connectivity index (χ3n) is 4.52. The normalized spacial score (nSPS) is 13.0. The van der Waals surface area contributed by atoms with Crippen LogP contribution in [0.2, 0.25) is 0 Å². The zero-order chi connectivity index (χ0) is 20.1. The Kier molecular flexibility index (Phi) is 6.03. The van der Waals surface area contributed by atoms with Crippen LogP contribution in [0.5, 0.6) is 11.5 Å². The van der Waals surface area contributed by atoms with Crippen LogP contribution in [0.25, 0.3) is 0 Å². The quantitative estimate of drug-likeness (QED) is 0.737. The highest BCUT2D eigenvalue weighted by molar-refractivity contribution is 5.97. The van der Waals surface area contributed by atoms with Crippen molar-refractivity contribution in [3.05, 3.63) is 48.0 Å². The van der Waals surface area contributed by atoms with Gasteiger partial charge in [-0.3, -0.25) is 4.79 Å². The molecule has 1 atom stereocenters. The summed E-state index contributed by atoms with van der Waals surface area (Å²) in [4.78, 5) is 26.8. The first-order valence-corrected chi connectivity index (χ1v) is 9.28. The number of nitrogens with one attached hydrogen (secondary N) is 1. The number of hydrogen-bond donors (Lipinski definition) is 1. The smallest absolute Gasteiger partial charge is 0.338 e. The SMILES string of the molecule is CCN(CC)c1ccc(C(=O)OC(C)C(=O)Nc2ccc3c(c2)OCO3)cc1. The molecule has 0 bridgehead atoms. The molecule has 2 aromatic rings. The van der Waals surface area contributed by atoms with Crippen LogP contribution in [-0.4, -0.2) is 37.9 Å². The van der Waals surface area contributed by atoms with E-state index in [9.17, 15) is 9.59 Å². The van der Waals surface area contributed by atoms with Crippen molar-refractivity contribution in [3.63, 3.8) is 0 Å². The van der Waals surface area contributed by atoms with Crippen molar-refractivity contribution in [2.24, 2.45) is 0 Å². The Balaban J connectivity index is 1.58. The van der Waals surface area contributed by atoms with E-state index in [1.54, 1.807) is 30.3 Å². The van der Waals surface area contributed by atoms with E-state index in [0.717, 1.165) is 18.8 Å². The number of hydrogen-bond acceptors (Lipinski definition) is 6. The molecule has 28 heavy (non-hydrogen) atoms. The molecule has 3 rings (SSSR count). The molecule has 0 radical (unpaired) electrons. The first kappa shape index (κ1) is 19.5. The third-order valence-corrected chi connectivity index (χ3v) is 4.52. The van der Waals surface area contributed by atoms with Gasteiger partial charge in [0, 0.05) is 30.5 Å². The lowest BCUT2D eigenvalue weighted by atomic mass is 10.2. The van der Waals surface area contributed by atoms with Gasteiger partial charge in [-0.05, 0) is 57.2 Å². The van der Waals surface area contributed by atoms with Gasteiger partial charge in [0.1, 0.15) is 0 Å². The molecular weight excluding hydrogens is 360 g/mol. The lowest BCUT2D eigenvalue weighted by Gasteiger charge is -2.21. The van der Waals surface area contributed by atoms with Gasteiger partial charge in [0.2, 0.25) is 6.79 Å². The summed E-state index contributed by atoms with van der Waals surface area (Å²) in [5.41, 5.74) is 1.98. The van der Waals surface area contributed by atoms with E-state index < -0.39 is 18.0 Å². The fourth-order valence-corrected chi connectivity index (χ4v) is 2.90. The zero-order valence-corrected chi connectivity index (χ0v) is 16.2. The Hall–Kier alpha value is -3.22. The van der Waals surface area contributed by atoms with Gasteiger partial charge in [-0.2, -0.15) is 0 Å². The Morgan fingerprint density at radius 2 is 1.75 bits per heavy atom. The molecule has 1 heterocycles. The van der Waals surface area contributed by atoms with E-state index in [1.165, 1.54) is 6.92 Å². The third kappa shape index (κ3) is 4.36. The van der Waals surface area contributed by atoms with Crippen molar-refractivity contribution >= 4 is 23.3 Å². The molecule has 1 unspecified atom stereocenters. The minimum absolute atomic E-state index is 0.161. The highest BCUT2D eigenvalue weighted by atomic mass is 16.7. The van der Waals surface area contributed by atoms with Crippen LogP contribution in [0.1, 0.15) is 31.1 Å². The van der Waals surface area contributed by atoms with E-state index in [2.05, 4.69) is 24.1 Å². The number of carbonyl (C=O) groups is 2. The summed E-state index contributed by atoms with van der Waals surface area (Å²) < 4.78 is 15.8. The van der Waals surface area contributed by atoms with Crippen molar-refractivity contribution in [1.82, 2.24) is 0 Å². The van der Waals surface area contributed by atoms with Crippen molar-refractivity contribution < 1.29 is 23.8 Å². The van der Waals surface area contributed by atoms with Crippen LogP contribution in [-0.2, 0) is 9.53 Å². The molecule has 1 N–H and O–H groups in total. The predicted molar refractivity (Wildman–Crippen MR) is 106 cm³/mol. The molecule has 1 aliphatic heterocycles. The average Bonchev–Trinajstić information content (AvgIpc) is 3.17. The summed E-state index contributed by atoms with van der Waals surface area (Å²) in [5.74, 6) is 0.229. The number of benzene rings is 2. The Morgan fingerprint density at radius 3 is 2.43 bits per heavy atom. The number of amides is 1. The van der Waals surface area contributed by atoms with Gasteiger partial charge < -0.3 is 24.4 Å². The number of carbonyl (C=O) groups excluding carboxylic acids is 2. The minimum atomic E-state index is -0.944. The van der Waals surface area contributed by atoms with Gasteiger partial charge >= 0.3 is 5.97 Å². The molecule has 7 nitrogen and oxygen atoms in total. The molecule has 0 spiro atoms. The van der Waals surface area contributed by atoms with E-state index in [0.29, 0.717) is 22.7 Å². The Morgan fingerprint density at radius 1 is 1.07 bits per heavy atom. The van der Waals surface area contributed by atoms with Crippen molar-refractivity contribution in [1.29, 1.82) is 0 Å². The van der Waals surface area contributed by atoms with Gasteiger partial charge in [0.15, 0.2) is 17.6 Å².